The van der Waals surface area contributed by atoms with Gasteiger partial charge in [-0.1, -0.05) is 36.4 Å². The van der Waals surface area contributed by atoms with Crippen molar-refractivity contribution in [2.45, 2.75) is 6.61 Å². The van der Waals surface area contributed by atoms with Crippen LogP contribution in [0.5, 0.6) is 11.5 Å². The van der Waals surface area contributed by atoms with Crippen molar-refractivity contribution in [2.75, 3.05) is 31.7 Å². The standard InChI is InChI=1S/C22H24N2O3/c1-2-6-19(7-3-1)18-27-21-11-9-20(10-12-21)26-17-16-25-15-14-24-22-8-4-5-13-23-22/h1-13H,14-18H2,(H,23,24). The molecule has 1 aromatic heterocycles. The average molecular weight is 364 g/mol. The molecule has 0 spiro atoms. The highest BCUT2D eigenvalue weighted by molar-refractivity contribution is 5.33. The molecule has 0 unspecified atom stereocenters. The topological polar surface area (TPSA) is 52.6 Å². The Morgan fingerprint density at radius 3 is 2.19 bits per heavy atom. The van der Waals surface area contributed by atoms with Gasteiger partial charge in [0.05, 0.1) is 13.2 Å². The number of hydrogen-bond acceptors (Lipinski definition) is 5. The molecule has 2 aromatic carbocycles. The Kier molecular flexibility index (Phi) is 7.52. The molecule has 5 nitrogen and oxygen atoms in total. The van der Waals surface area contributed by atoms with Gasteiger partial charge in [0.25, 0.3) is 0 Å². The molecular weight excluding hydrogens is 340 g/mol. The van der Waals surface area contributed by atoms with Gasteiger partial charge in [-0.05, 0) is 42.0 Å². The van der Waals surface area contributed by atoms with Gasteiger partial charge in [-0.3, -0.25) is 0 Å². The van der Waals surface area contributed by atoms with Gasteiger partial charge in [0.2, 0.25) is 0 Å². The zero-order chi connectivity index (χ0) is 18.6. The minimum atomic E-state index is 0.508. The van der Waals surface area contributed by atoms with E-state index in [0.717, 1.165) is 22.9 Å². The van der Waals surface area contributed by atoms with Gasteiger partial charge in [-0.2, -0.15) is 0 Å². The fraction of sp³-hybridized carbons (Fsp3) is 0.227. The molecule has 0 saturated carbocycles. The lowest BCUT2D eigenvalue weighted by Crippen LogP contribution is -2.13. The van der Waals surface area contributed by atoms with Crippen LogP contribution in [-0.4, -0.2) is 31.3 Å². The number of ether oxygens (including phenoxy) is 3. The number of nitrogens with zero attached hydrogens (tertiary/aromatic N) is 1. The number of aromatic nitrogens is 1. The van der Waals surface area contributed by atoms with Gasteiger partial charge in [0.15, 0.2) is 0 Å². The maximum absolute atomic E-state index is 5.76. The van der Waals surface area contributed by atoms with Crippen molar-refractivity contribution < 1.29 is 14.2 Å². The van der Waals surface area contributed by atoms with Crippen LogP contribution < -0.4 is 14.8 Å². The SMILES string of the molecule is c1ccc(COc2ccc(OCCOCCNc3ccccn3)cc2)cc1. The first-order valence-electron chi connectivity index (χ1n) is 9.02. The normalized spacial score (nSPS) is 10.4. The third-order valence-corrected chi connectivity index (χ3v) is 3.79. The predicted octanol–water partition coefficient (Wildman–Crippen LogP) is 4.17. The molecule has 1 heterocycles. The van der Waals surface area contributed by atoms with E-state index in [0.29, 0.717) is 33.0 Å². The zero-order valence-electron chi connectivity index (χ0n) is 15.2. The number of hydrogen-bond donors (Lipinski definition) is 1. The Morgan fingerprint density at radius 2 is 1.44 bits per heavy atom. The number of pyridine rings is 1. The molecule has 3 rings (SSSR count). The van der Waals surface area contributed by atoms with Crippen LogP contribution in [0.1, 0.15) is 5.56 Å². The lowest BCUT2D eigenvalue weighted by atomic mass is 10.2. The van der Waals surface area contributed by atoms with E-state index < -0.39 is 0 Å². The van der Waals surface area contributed by atoms with E-state index >= 15 is 0 Å². The molecule has 5 heteroatoms. The first-order chi connectivity index (χ1) is 13.4. The van der Waals surface area contributed by atoms with E-state index in [4.69, 9.17) is 14.2 Å². The molecule has 140 valence electrons. The fourth-order valence-electron chi connectivity index (χ4n) is 2.41. The highest BCUT2D eigenvalue weighted by atomic mass is 16.5. The average Bonchev–Trinajstić information content (AvgIpc) is 2.74. The second kappa shape index (κ2) is 10.8. The summed E-state index contributed by atoms with van der Waals surface area (Å²) in [5.41, 5.74) is 1.15. The first kappa shape index (κ1) is 18.7. The summed E-state index contributed by atoms with van der Waals surface area (Å²) in [4.78, 5) is 4.19. The summed E-state index contributed by atoms with van der Waals surface area (Å²) in [7, 11) is 0. The van der Waals surface area contributed by atoms with Crippen LogP contribution in [0, 0.1) is 0 Å². The van der Waals surface area contributed by atoms with E-state index in [1.165, 1.54) is 0 Å². The lowest BCUT2D eigenvalue weighted by molar-refractivity contribution is 0.107. The van der Waals surface area contributed by atoms with Crippen LogP contribution in [-0.2, 0) is 11.3 Å². The molecule has 1 N–H and O–H groups in total. The Balaban J connectivity index is 1.26. The van der Waals surface area contributed by atoms with Crippen LogP contribution in [0.2, 0.25) is 0 Å². The van der Waals surface area contributed by atoms with Crippen LogP contribution in [0.25, 0.3) is 0 Å². The number of nitrogens with one attached hydrogen (secondary N) is 1. The van der Waals surface area contributed by atoms with E-state index in [1.807, 2.05) is 72.8 Å². The molecule has 0 atom stereocenters. The summed E-state index contributed by atoms with van der Waals surface area (Å²) in [5, 5.41) is 3.19. The number of anilines is 1. The number of rotatable bonds is 11. The summed E-state index contributed by atoms with van der Waals surface area (Å²) in [6, 6.07) is 23.5. The highest BCUT2D eigenvalue weighted by Crippen LogP contribution is 2.18. The van der Waals surface area contributed by atoms with Crippen molar-refractivity contribution in [1.29, 1.82) is 0 Å². The summed E-state index contributed by atoms with van der Waals surface area (Å²) in [6.07, 6.45) is 1.76. The minimum absolute atomic E-state index is 0.508. The molecule has 0 aliphatic carbocycles. The van der Waals surface area contributed by atoms with Gasteiger partial charge in [0, 0.05) is 12.7 Å². The van der Waals surface area contributed by atoms with Gasteiger partial charge < -0.3 is 19.5 Å². The summed E-state index contributed by atoms with van der Waals surface area (Å²) < 4.78 is 17.0. The maximum atomic E-state index is 5.76. The molecule has 0 fully saturated rings. The third kappa shape index (κ3) is 6.99. The predicted molar refractivity (Wildman–Crippen MR) is 106 cm³/mol. The molecule has 27 heavy (non-hydrogen) atoms. The minimum Gasteiger partial charge on any atom is -0.491 e. The van der Waals surface area contributed by atoms with Gasteiger partial charge >= 0.3 is 0 Å². The number of benzene rings is 2. The quantitative estimate of drug-likeness (QED) is 0.518. The first-order valence-corrected chi connectivity index (χ1v) is 9.02. The zero-order valence-corrected chi connectivity index (χ0v) is 15.2. The molecule has 0 aliphatic rings. The second-order valence-electron chi connectivity index (χ2n) is 5.85. The van der Waals surface area contributed by atoms with E-state index in [9.17, 15) is 0 Å². The Morgan fingerprint density at radius 1 is 0.704 bits per heavy atom. The summed E-state index contributed by atoms with van der Waals surface area (Å²) >= 11 is 0. The monoisotopic (exact) mass is 364 g/mol. The van der Waals surface area contributed by atoms with Crippen molar-refractivity contribution in [3.63, 3.8) is 0 Å². The Hall–Kier alpha value is -3.05. The molecule has 0 amide bonds. The molecule has 3 aromatic rings. The van der Waals surface area contributed by atoms with Crippen LogP contribution >= 0.6 is 0 Å². The maximum Gasteiger partial charge on any atom is 0.125 e. The van der Waals surface area contributed by atoms with Crippen molar-refractivity contribution in [2.24, 2.45) is 0 Å². The molecule has 0 saturated heterocycles. The molecule has 0 radical (unpaired) electrons. The van der Waals surface area contributed by atoms with Crippen molar-refractivity contribution >= 4 is 5.82 Å². The van der Waals surface area contributed by atoms with E-state index in [-0.39, 0.29) is 0 Å². The summed E-state index contributed by atoms with van der Waals surface area (Å²) in [5.74, 6) is 2.48. The second-order valence-corrected chi connectivity index (χ2v) is 5.85. The summed E-state index contributed by atoms with van der Waals surface area (Å²) in [6.45, 7) is 2.92. The van der Waals surface area contributed by atoms with Crippen LogP contribution in [0.15, 0.2) is 79.0 Å². The smallest absolute Gasteiger partial charge is 0.125 e. The molecule has 0 bridgehead atoms. The van der Waals surface area contributed by atoms with Crippen LogP contribution in [0.3, 0.4) is 0 Å². The van der Waals surface area contributed by atoms with Crippen molar-refractivity contribution in [3.05, 3.63) is 84.6 Å². The highest BCUT2D eigenvalue weighted by Gasteiger charge is 1.98. The molecular formula is C22H24N2O3. The van der Waals surface area contributed by atoms with E-state index in [1.54, 1.807) is 6.20 Å². The Bertz CT molecular complexity index is 765. The van der Waals surface area contributed by atoms with Gasteiger partial charge in [-0.15, -0.1) is 0 Å². The lowest BCUT2D eigenvalue weighted by Gasteiger charge is -2.10. The van der Waals surface area contributed by atoms with Gasteiger partial charge in [-0.25, -0.2) is 4.98 Å². The third-order valence-electron chi connectivity index (χ3n) is 3.79. The van der Waals surface area contributed by atoms with E-state index in [2.05, 4.69) is 10.3 Å². The fourth-order valence-corrected chi connectivity index (χ4v) is 2.41. The van der Waals surface area contributed by atoms with Gasteiger partial charge in [0.1, 0.15) is 30.5 Å². The van der Waals surface area contributed by atoms with Crippen LogP contribution in [0.4, 0.5) is 5.82 Å². The van der Waals surface area contributed by atoms with Crippen molar-refractivity contribution in [1.82, 2.24) is 4.98 Å². The molecule has 0 aliphatic heterocycles. The Labute approximate surface area is 159 Å². The van der Waals surface area contributed by atoms with Crippen molar-refractivity contribution in [3.8, 4) is 11.5 Å². The largest absolute Gasteiger partial charge is 0.491 e.